The van der Waals surface area contributed by atoms with Gasteiger partial charge in [-0.3, -0.25) is 30.3 Å². The summed E-state index contributed by atoms with van der Waals surface area (Å²) in [6.07, 6.45) is 2.56. The molecule has 3 rings (SSSR count). The van der Waals surface area contributed by atoms with Crippen LogP contribution in [0.5, 0.6) is 0 Å². The molecule has 148 valence electrons. The highest BCUT2D eigenvalue weighted by atomic mass is 16.2. The molecule has 8 nitrogen and oxygen atoms in total. The molecule has 1 fully saturated rings. The smallest absolute Gasteiger partial charge is 0.287 e. The fraction of sp³-hybridized carbons (Fsp3) is 0.400. The zero-order valence-corrected chi connectivity index (χ0v) is 15.9. The number of nitrogens with zero attached hydrogens (tertiary/aromatic N) is 2. The average Bonchev–Trinajstić information content (AvgIpc) is 3.23. The zero-order chi connectivity index (χ0) is 19.9. The molecule has 0 radical (unpaired) electrons. The van der Waals surface area contributed by atoms with Crippen molar-refractivity contribution in [1.29, 1.82) is 0 Å². The fourth-order valence-electron chi connectivity index (χ4n) is 3.25. The maximum atomic E-state index is 12.3. The maximum Gasteiger partial charge on any atom is 0.287 e. The third kappa shape index (κ3) is 4.76. The van der Waals surface area contributed by atoms with Crippen molar-refractivity contribution >= 4 is 17.7 Å². The van der Waals surface area contributed by atoms with Gasteiger partial charge in [0.15, 0.2) is 0 Å². The topological polar surface area (TPSA) is 107 Å². The first-order chi connectivity index (χ1) is 13.6. The number of H-pyrrole nitrogens is 1. The summed E-state index contributed by atoms with van der Waals surface area (Å²) in [7, 11) is 0. The van der Waals surface area contributed by atoms with E-state index in [1.54, 1.807) is 6.07 Å². The van der Waals surface area contributed by atoms with E-state index in [4.69, 9.17) is 0 Å². The largest absolute Gasteiger partial charge is 0.343 e. The first kappa shape index (κ1) is 19.6. The molecule has 3 N–H and O–H groups in total. The maximum absolute atomic E-state index is 12.3. The highest BCUT2D eigenvalue weighted by Gasteiger charge is 2.27. The highest BCUT2D eigenvalue weighted by Crippen LogP contribution is 2.19. The summed E-state index contributed by atoms with van der Waals surface area (Å²) in [6.45, 7) is 3.13. The molecular weight excluding hydrogens is 358 g/mol. The number of piperidine rings is 1. The van der Waals surface area contributed by atoms with E-state index in [-0.39, 0.29) is 23.4 Å². The Morgan fingerprint density at radius 3 is 2.54 bits per heavy atom. The number of amides is 3. The molecule has 1 aliphatic rings. The van der Waals surface area contributed by atoms with Gasteiger partial charge in [0.05, 0.1) is 5.69 Å². The third-order valence-electron chi connectivity index (χ3n) is 4.87. The second kappa shape index (κ2) is 9.16. The molecule has 0 aliphatic carbocycles. The summed E-state index contributed by atoms with van der Waals surface area (Å²) in [5.41, 5.74) is 6.72. The van der Waals surface area contributed by atoms with Crippen LogP contribution in [0.4, 0.5) is 0 Å². The molecule has 2 heterocycles. The lowest BCUT2D eigenvalue weighted by molar-refractivity contribution is -0.135. The minimum atomic E-state index is -0.460. The van der Waals surface area contributed by atoms with Crippen LogP contribution in [0.3, 0.4) is 0 Å². The van der Waals surface area contributed by atoms with Crippen LogP contribution in [0, 0.1) is 5.92 Å². The van der Waals surface area contributed by atoms with Crippen molar-refractivity contribution in [2.24, 2.45) is 5.92 Å². The van der Waals surface area contributed by atoms with Crippen LogP contribution in [0.2, 0.25) is 0 Å². The van der Waals surface area contributed by atoms with Gasteiger partial charge in [-0.05, 0) is 25.3 Å². The summed E-state index contributed by atoms with van der Waals surface area (Å²) in [5.74, 6) is -0.770. The quantitative estimate of drug-likeness (QED) is 0.685. The van der Waals surface area contributed by atoms with Gasteiger partial charge < -0.3 is 4.90 Å². The standard InChI is InChI=1S/C20H25N5O3/c1-2-6-18(26)25-11-9-15(10-12-25)19(27)23-24-20(28)17-13-16(21-22-17)14-7-4-3-5-8-14/h3-5,7-8,13,15H,2,6,9-12H2,1H3,(H,21,22)(H,23,27)(H,24,28). The molecule has 1 saturated heterocycles. The molecule has 8 heteroatoms. The summed E-state index contributed by atoms with van der Waals surface area (Å²) in [5, 5.41) is 6.81. The Hall–Kier alpha value is -3.16. The van der Waals surface area contributed by atoms with Crippen LogP contribution in [0.1, 0.15) is 43.1 Å². The molecule has 28 heavy (non-hydrogen) atoms. The predicted molar refractivity (Wildman–Crippen MR) is 104 cm³/mol. The SMILES string of the molecule is CCCC(=O)N1CCC(C(=O)NNC(=O)c2cc(-c3ccccc3)n[nH]2)CC1. The lowest BCUT2D eigenvalue weighted by Crippen LogP contribution is -2.48. The summed E-state index contributed by atoms with van der Waals surface area (Å²) < 4.78 is 0. The lowest BCUT2D eigenvalue weighted by Gasteiger charge is -2.31. The number of hydrazine groups is 1. The lowest BCUT2D eigenvalue weighted by atomic mass is 9.96. The van der Waals surface area contributed by atoms with Gasteiger partial charge in [-0.2, -0.15) is 5.10 Å². The van der Waals surface area contributed by atoms with E-state index in [1.807, 2.05) is 42.2 Å². The van der Waals surface area contributed by atoms with Gasteiger partial charge in [-0.15, -0.1) is 0 Å². The first-order valence-corrected chi connectivity index (χ1v) is 9.57. The van der Waals surface area contributed by atoms with Gasteiger partial charge in [0, 0.05) is 31.0 Å². The number of aromatic amines is 1. The van der Waals surface area contributed by atoms with Crippen molar-refractivity contribution in [2.45, 2.75) is 32.6 Å². The van der Waals surface area contributed by atoms with Crippen molar-refractivity contribution in [3.05, 3.63) is 42.1 Å². The van der Waals surface area contributed by atoms with Gasteiger partial charge in [0.1, 0.15) is 5.69 Å². The van der Waals surface area contributed by atoms with E-state index < -0.39 is 5.91 Å². The number of benzene rings is 1. The Balaban J connectivity index is 1.47. The van der Waals surface area contributed by atoms with Gasteiger partial charge in [0.2, 0.25) is 11.8 Å². The second-order valence-electron chi connectivity index (χ2n) is 6.88. The fourth-order valence-corrected chi connectivity index (χ4v) is 3.25. The number of nitrogens with one attached hydrogen (secondary N) is 3. The Bertz CT molecular complexity index is 825. The van der Waals surface area contributed by atoms with Crippen LogP contribution >= 0.6 is 0 Å². The zero-order valence-electron chi connectivity index (χ0n) is 15.9. The Morgan fingerprint density at radius 1 is 1.14 bits per heavy atom. The van der Waals surface area contributed by atoms with Crippen molar-refractivity contribution in [1.82, 2.24) is 25.9 Å². The van der Waals surface area contributed by atoms with E-state index in [2.05, 4.69) is 21.0 Å². The second-order valence-corrected chi connectivity index (χ2v) is 6.88. The molecule has 0 unspecified atom stereocenters. The average molecular weight is 383 g/mol. The third-order valence-corrected chi connectivity index (χ3v) is 4.87. The van der Waals surface area contributed by atoms with Crippen molar-refractivity contribution in [2.75, 3.05) is 13.1 Å². The first-order valence-electron chi connectivity index (χ1n) is 9.57. The number of carbonyl (C=O) groups is 3. The molecular formula is C20H25N5O3. The van der Waals surface area contributed by atoms with Crippen molar-refractivity contribution in [3.8, 4) is 11.3 Å². The van der Waals surface area contributed by atoms with Crippen LogP contribution in [0.25, 0.3) is 11.3 Å². The molecule has 0 spiro atoms. The number of likely N-dealkylation sites (tertiary alicyclic amines) is 1. The number of carbonyl (C=O) groups excluding carboxylic acids is 3. The van der Waals surface area contributed by atoms with E-state index >= 15 is 0 Å². The monoisotopic (exact) mass is 383 g/mol. The predicted octanol–water partition coefficient (Wildman–Crippen LogP) is 1.88. The molecule has 0 atom stereocenters. The van der Waals surface area contributed by atoms with Gasteiger partial charge in [-0.25, -0.2) is 0 Å². The van der Waals surface area contributed by atoms with Crippen LogP contribution < -0.4 is 10.9 Å². The molecule has 1 aliphatic heterocycles. The van der Waals surface area contributed by atoms with E-state index in [1.165, 1.54) is 0 Å². The number of hydrogen-bond donors (Lipinski definition) is 3. The Kier molecular flexibility index (Phi) is 6.41. The minimum Gasteiger partial charge on any atom is -0.343 e. The van der Waals surface area contributed by atoms with Gasteiger partial charge in [0.25, 0.3) is 5.91 Å². The normalized spacial score (nSPS) is 14.5. The van der Waals surface area contributed by atoms with E-state index in [9.17, 15) is 14.4 Å². The molecule has 3 amide bonds. The summed E-state index contributed by atoms with van der Waals surface area (Å²) >= 11 is 0. The molecule has 1 aromatic heterocycles. The number of rotatable bonds is 5. The number of hydrogen-bond acceptors (Lipinski definition) is 4. The van der Waals surface area contributed by atoms with Crippen molar-refractivity contribution in [3.63, 3.8) is 0 Å². The molecule has 1 aromatic carbocycles. The van der Waals surface area contributed by atoms with Crippen molar-refractivity contribution < 1.29 is 14.4 Å². The summed E-state index contributed by atoms with van der Waals surface area (Å²) in [4.78, 5) is 38.3. The number of aromatic nitrogens is 2. The van der Waals surface area contributed by atoms with E-state index in [0.29, 0.717) is 38.0 Å². The molecule has 2 aromatic rings. The van der Waals surface area contributed by atoms with Crippen LogP contribution in [-0.2, 0) is 9.59 Å². The minimum absolute atomic E-state index is 0.142. The Labute approximate surface area is 163 Å². The Morgan fingerprint density at radius 2 is 1.86 bits per heavy atom. The molecule has 0 bridgehead atoms. The molecule has 0 saturated carbocycles. The van der Waals surface area contributed by atoms with Crippen LogP contribution in [-0.4, -0.2) is 45.9 Å². The van der Waals surface area contributed by atoms with E-state index in [0.717, 1.165) is 12.0 Å². The summed E-state index contributed by atoms with van der Waals surface area (Å²) in [6, 6.07) is 11.1. The van der Waals surface area contributed by atoms with Crippen LogP contribution in [0.15, 0.2) is 36.4 Å². The van der Waals surface area contributed by atoms with Gasteiger partial charge in [-0.1, -0.05) is 37.3 Å². The highest BCUT2D eigenvalue weighted by molar-refractivity contribution is 5.94. The van der Waals surface area contributed by atoms with Gasteiger partial charge >= 0.3 is 0 Å².